The SMILES string of the molecule is COc1ccc(OCCOc2ccc(/C=C(/C#N)C(=O)Nc3nc(-c4ccccc4)cs3)cc2)cc1. The number of hydrogen-bond donors (Lipinski definition) is 1. The summed E-state index contributed by atoms with van der Waals surface area (Å²) >= 11 is 1.31. The lowest BCUT2D eigenvalue weighted by molar-refractivity contribution is -0.112. The van der Waals surface area contributed by atoms with Crippen LogP contribution in [0.25, 0.3) is 17.3 Å². The first-order valence-electron chi connectivity index (χ1n) is 11.1. The van der Waals surface area contributed by atoms with Gasteiger partial charge in [-0.15, -0.1) is 11.3 Å². The first kappa shape index (κ1) is 24.5. The van der Waals surface area contributed by atoms with Crippen molar-refractivity contribution in [1.82, 2.24) is 4.98 Å². The van der Waals surface area contributed by atoms with Crippen LogP contribution in [0.15, 0.2) is 89.8 Å². The second-order valence-electron chi connectivity index (χ2n) is 7.47. The van der Waals surface area contributed by atoms with Gasteiger partial charge in [0, 0.05) is 10.9 Å². The van der Waals surface area contributed by atoms with Gasteiger partial charge in [0.15, 0.2) is 5.13 Å². The van der Waals surface area contributed by atoms with Crippen molar-refractivity contribution in [3.8, 4) is 34.6 Å². The molecule has 0 saturated heterocycles. The zero-order valence-electron chi connectivity index (χ0n) is 19.5. The molecule has 0 aliphatic heterocycles. The zero-order valence-corrected chi connectivity index (χ0v) is 20.3. The van der Waals surface area contributed by atoms with Crippen LogP contribution in [0.1, 0.15) is 5.56 Å². The Balaban J connectivity index is 1.29. The number of carbonyl (C=O) groups excluding carboxylic acids is 1. The molecule has 0 unspecified atom stereocenters. The van der Waals surface area contributed by atoms with E-state index in [1.54, 1.807) is 31.4 Å². The van der Waals surface area contributed by atoms with E-state index in [9.17, 15) is 10.1 Å². The third-order valence-corrected chi connectivity index (χ3v) is 5.79. The van der Waals surface area contributed by atoms with Crippen molar-refractivity contribution in [2.45, 2.75) is 0 Å². The predicted molar refractivity (Wildman–Crippen MR) is 140 cm³/mol. The Bertz CT molecular complexity index is 1360. The van der Waals surface area contributed by atoms with E-state index in [-0.39, 0.29) is 5.57 Å². The summed E-state index contributed by atoms with van der Waals surface area (Å²) in [5.41, 5.74) is 2.41. The second-order valence-corrected chi connectivity index (χ2v) is 8.33. The minimum absolute atomic E-state index is 0.0204. The number of carbonyl (C=O) groups is 1. The molecule has 0 bridgehead atoms. The Labute approximate surface area is 213 Å². The molecule has 0 aliphatic carbocycles. The van der Waals surface area contributed by atoms with E-state index in [2.05, 4.69) is 10.3 Å². The first-order valence-corrected chi connectivity index (χ1v) is 12.0. The van der Waals surface area contributed by atoms with E-state index in [4.69, 9.17) is 14.2 Å². The summed E-state index contributed by atoms with van der Waals surface area (Å²) < 4.78 is 16.5. The summed E-state index contributed by atoms with van der Waals surface area (Å²) in [5.74, 6) is 1.65. The van der Waals surface area contributed by atoms with Crippen LogP contribution >= 0.6 is 11.3 Å². The fourth-order valence-corrected chi connectivity index (χ4v) is 3.92. The van der Waals surface area contributed by atoms with Crippen LogP contribution in [-0.2, 0) is 4.79 Å². The average molecular weight is 498 g/mol. The van der Waals surface area contributed by atoms with Crippen molar-refractivity contribution < 1.29 is 19.0 Å². The molecule has 7 nitrogen and oxygen atoms in total. The molecule has 1 aromatic heterocycles. The van der Waals surface area contributed by atoms with Crippen LogP contribution in [-0.4, -0.2) is 31.2 Å². The molecule has 180 valence electrons. The average Bonchev–Trinajstić information content (AvgIpc) is 3.39. The highest BCUT2D eigenvalue weighted by atomic mass is 32.1. The number of benzene rings is 3. The molecule has 0 saturated carbocycles. The van der Waals surface area contributed by atoms with Gasteiger partial charge in [-0.3, -0.25) is 10.1 Å². The van der Waals surface area contributed by atoms with Gasteiger partial charge >= 0.3 is 0 Å². The first-order chi connectivity index (χ1) is 17.6. The molecule has 1 heterocycles. The highest BCUT2D eigenvalue weighted by Crippen LogP contribution is 2.25. The number of anilines is 1. The van der Waals surface area contributed by atoms with E-state index in [1.165, 1.54) is 17.4 Å². The monoisotopic (exact) mass is 497 g/mol. The van der Waals surface area contributed by atoms with Crippen molar-refractivity contribution in [1.29, 1.82) is 5.26 Å². The van der Waals surface area contributed by atoms with Gasteiger partial charge in [-0.05, 0) is 48.0 Å². The number of aromatic nitrogens is 1. The Morgan fingerprint density at radius 3 is 2.17 bits per heavy atom. The summed E-state index contributed by atoms with van der Waals surface area (Å²) in [6.07, 6.45) is 1.53. The number of hydrogen-bond acceptors (Lipinski definition) is 7. The third kappa shape index (κ3) is 6.72. The van der Waals surface area contributed by atoms with Crippen molar-refractivity contribution in [2.75, 3.05) is 25.6 Å². The Morgan fingerprint density at radius 1 is 0.944 bits per heavy atom. The lowest BCUT2D eigenvalue weighted by atomic mass is 10.1. The molecule has 1 amide bonds. The third-order valence-electron chi connectivity index (χ3n) is 5.03. The van der Waals surface area contributed by atoms with Gasteiger partial charge in [0.2, 0.25) is 0 Å². The van der Waals surface area contributed by atoms with E-state index < -0.39 is 5.91 Å². The van der Waals surface area contributed by atoms with Crippen LogP contribution in [0.2, 0.25) is 0 Å². The number of nitrogens with one attached hydrogen (secondary N) is 1. The molecule has 4 rings (SSSR count). The Morgan fingerprint density at radius 2 is 1.56 bits per heavy atom. The molecule has 3 aromatic carbocycles. The molecule has 0 atom stereocenters. The van der Waals surface area contributed by atoms with Gasteiger partial charge in [0.1, 0.15) is 42.1 Å². The Hall–Kier alpha value is -4.61. The topological polar surface area (TPSA) is 93.5 Å². The quantitative estimate of drug-likeness (QED) is 0.169. The van der Waals surface area contributed by atoms with Crippen LogP contribution in [0.3, 0.4) is 0 Å². The predicted octanol–water partition coefficient (Wildman–Crippen LogP) is 5.82. The molecular formula is C28H23N3O4S. The lowest BCUT2D eigenvalue weighted by Gasteiger charge is -2.09. The second kappa shape index (κ2) is 12.2. The van der Waals surface area contributed by atoms with Crippen molar-refractivity contribution in [3.63, 3.8) is 0 Å². The van der Waals surface area contributed by atoms with Gasteiger partial charge < -0.3 is 14.2 Å². The van der Waals surface area contributed by atoms with Gasteiger partial charge in [0.25, 0.3) is 5.91 Å². The van der Waals surface area contributed by atoms with Crippen molar-refractivity contribution >= 4 is 28.5 Å². The zero-order chi connectivity index (χ0) is 25.2. The number of rotatable bonds is 10. The van der Waals surface area contributed by atoms with Crippen molar-refractivity contribution in [2.24, 2.45) is 0 Å². The molecule has 1 N–H and O–H groups in total. The van der Waals surface area contributed by atoms with Gasteiger partial charge in [-0.2, -0.15) is 5.26 Å². The highest BCUT2D eigenvalue weighted by Gasteiger charge is 2.12. The summed E-state index contributed by atoms with van der Waals surface area (Å²) in [7, 11) is 1.62. The van der Waals surface area contributed by atoms with Crippen LogP contribution < -0.4 is 19.5 Å². The number of methoxy groups -OCH3 is 1. The van der Waals surface area contributed by atoms with Crippen LogP contribution in [0, 0.1) is 11.3 Å². The summed E-state index contributed by atoms with van der Waals surface area (Å²) in [5, 5.41) is 14.5. The summed E-state index contributed by atoms with van der Waals surface area (Å²) in [6, 6.07) is 26.1. The fraction of sp³-hybridized carbons (Fsp3) is 0.107. The number of ether oxygens (including phenoxy) is 3. The molecule has 0 spiro atoms. The standard InChI is InChI=1S/C28H23N3O4S/c1-33-23-11-13-25(14-12-23)35-16-15-34-24-9-7-20(8-10-24)17-22(18-29)27(32)31-28-30-26(19-36-28)21-5-3-2-4-6-21/h2-14,17,19H,15-16H2,1H3,(H,30,31,32)/b22-17-. The molecule has 0 aliphatic rings. The minimum atomic E-state index is -0.512. The maximum absolute atomic E-state index is 12.6. The Kier molecular flexibility index (Phi) is 8.31. The van der Waals surface area contributed by atoms with E-state index >= 15 is 0 Å². The highest BCUT2D eigenvalue weighted by molar-refractivity contribution is 7.14. The number of nitrogens with zero attached hydrogens (tertiary/aromatic N) is 2. The number of nitriles is 1. The van der Waals surface area contributed by atoms with Gasteiger partial charge in [-0.25, -0.2) is 4.98 Å². The number of thiazole rings is 1. The van der Waals surface area contributed by atoms with Gasteiger partial charge in [-0.1, -0.05) is 42.5 Å². The van der Waals surface area contributed by atoms with Crippen molar-refractivity contribution in [3.05, 3.63) is 95.4 Å². The van der Waals surface area contributed by atoms with E-state index in [0.29, 0.717) is 29.7 Å². The largest absolute Gasteiger partial charge is 0.497 e. The molecule has 4 aromatic rings. The van der Waals surface area contributed by atoms with Gasteiger partial charge in [0.05, 0.1) is 12.8 Å². The molecule has 0 radical (unpaired) electrons. The summed E-state index contributed by atoms with van der Waals surface area (Å²) in [4.78, 5) is 17.0. The molecule has 8 heteroatoms. The molecule has 36 heavy (non-hydrogen) atoms. The summed E-state index contributed by atoms with van der Waals surface area (Å²) in [6.45, 7) is 0.751. The van der Waals surface area contributed by atoms with Crippen LogP contribution in [0.4, 0.5) is 5.13 Å². The van der Waals surface area contributed by atoms with Crippen LogP contribution in [0.5, 0.6) is 17.2 Å². The van der Waals surface area contributed by atoms with E-state index in [0.717, 1.165) is 22.8 Å². The maximum Gasteiger partial charge on any atom is 0.268 e. The smallest absolute Gasteiger partial charge is 0.268 e. The fourth-order valence-electron chi connectivity index (χ4n) is 3.20. The van der Waals surface area contributed by atoms with E-state index in [1.807, 2.05) is 66.0 Å². The lowest BCUT2D eigenvalue weighted by Crippen LogP contribution is -2.13. The normalized spacial score (nSPS) is 10.8. The molecule has 0 fully saturated rings. The molecular weight excluding hydrogens is 474 g/mol. The number of amides is 1. The minimum Gasteiger partial charge on any atom is -0.497 e. The maximum atomic E-state index is 12.6.